The summed E-state index contributed by atoms with van der Waals surface area (Å²) in [4.78, 5) is 9.00. The van der Waals surface area contributed by atoms with Gasteiger partial charge in [-0.2, -0.15) is 0 Å². The van der Waals surface area contributed by atoms with Crippen LogP contribution in [0.15, 0.2) is 35.5 Å². The number of aliphatic carboxylic acids is 1. The topological polar surface area (TPSA) is 57.5 Å². The molecule has 0 aliphatic rings. The van der Waals surface area contributed by atoms with Crippen LogP contribution < -0.4 is 0 Å². The first-order valence-corrected chi connectivity index (χ1v) is 6.23. The first-order valence-electron chi connectivity index (χ1n) is 6.23. The molecule has 0 unspecified atom stereocenters. The highest BCUT2D eigenvalue weighted by molar-refractivity contribution is 5.62. The van der Waals surface area contributed by atoms with Gasteiger partial charge in [-0.15, -0.1) is 0 Å². The maximum Gasteiger partial charge on any atom is 0.300 e. The van der Waals surface area contributed by atoms with Gasteiger partial charge in [-0.25, -0.2) is 0 Å². The average Bonchev–Trinajstić information content (AvgIpc) is 2.26. The van der Waals surface area contributed by atoms with E-state index in [1.807, 2.05) is 6.08 Å². The van der Waals surface area contributed by atoms with Crippen molar-refractivity contribution >= 4 is 5.97 Å². The fourth-order valence-corrected chi connectivity index (χ4v) is 1.16. The first-order chi connectivity index (χ1) is 8.43. The molecule has 2 N–H and O–H groups in total. The van der Waals surface area contributed by atoms with Crippen LogP contribution in [0.25, 0.3) is 0 Å². The van der Waals surface area contributed by atoms with E-state index in [1.54, 1.807) is 0 Å². The van der Waals surface area contributed by atoms with Crippen molar-refractivity contribution < 1.29 is 15.0 Å². The van der Waals surface area contributed by atoms with Crippen molar-refractivity contribution in [1.82, 2.24) is 0 Å². The standard InChI is InChI=1S/C13H22O.C2H4O2/c1-4-5-7-12(2)8-6-9-13(3)10-11-14;1-2(3)4/h5,7-8,10,14H,4,6,9,11H2,1-3H3;1H3,(H,3,4). The molecular weight excluding hydrogens is 228 g/mol. The Bertz CT molecular complexity index is 295. The Hall–Kier alpha value is -1.35. The summed E-state index contributed by atoms with van der Waals surface area (Å²) in [5.41, 5.74) is 2.58. The van der Waals surface area contributed by atoms with Gasteiger partial charge >= 0.3 is 0 Å². The number of aliphatic hydroxyl groups is 1. The van der Waals surface area contributed by atoms with E-state index in [1.165, 1.54) is 11.1 Å². The number of hydrogen-bond acceptors (Lipinski definition) is 2. The zero-order chi connectivity index (χ0) is 14.4. The Kier molecular flexibility index (Phi) is 14.5. The fraction of sp³-hybridized carbons (Fsp3) is 0.533. The Morgan fingerprint density at radius 2 is 1.72 bits per heavy atom. The average molecular weight is 254 g/mol. The van der Waals surface area contributed by atoms with Crippen molar-refractivity contribution in [1.29, 1.82) is 0 Å². The second-order valence-corrected chi connectivity index (χ2v) is 4.05. The van der Waals surface area contributed by atoms with Gasteiger partial charge in [0.05, 0.1) is 6.61 Å². The third kappa shape index (κ3) is 20.1. The molecule has 0 amide bonds. The zero-order valence-electron chi connectivity index (χ0n) is 11.9. The summed E-state index contributed by atoms with van der Waals surface area (Å²) in [5, 5.41) is 16.1. The van der Waals surface area contributed by atoms with E-state index in [0.717, 1.165) is 26.2 Å². The van der Waals surface area contributed by atoms with Crippen molar-refractivity contribution in [2.24, 2.45) is 0 Å². The molecule has 18 heavy (non-hydrogen) atoms. The maximum absolute atomic E-state index is 9.00. The minimum Gasteiger partial charge on any atom is -0.481 e. The highest BCUT2D eigenvalue weighted by atomic mass is 16.4. The largest absolute Gasteiger partial charge is 0.481 e. The van der Waals surface area contributed by atoms with Crippen LogP contribution in [0.4, 0.5) is 0 Å². The molecule has 0 aromatic rings. The fourth-order valence-electron chi connectivity index (χ4n) is 1.16. The quantitative estimate of drug-likeness (QED) is 0.561. The summed E-state index contributed by atoms with van der Waals surface area (Å²) in [6, 6.07) is 0. The van der Waals surface area contributed by atoms with Crippen molar-refractivity contribution in [3.8, 4) is 0 Å². The molecule has 3 nitrogen and oxygen atoms in total. The minimum absolute atomic E-state index is 0.157. The third-order valence-corrected chi connectivity index (χ3v) is 2.06. The third-order valence-electron chi connectivity index (χ3n) is 2.06. The molecule has 0 heterocycles. The Labute approximate surface area is 111 Å². The van der Waals surface area contributed by atoms with E-state index in [0.29, 0.717) is 0 Å². The van der Waals surface area contributed by atoms with Gasteiger partial charge in [-0.3, -0.25) is 4.79 Å². The van der Waals surface area contributed by atoms with Crippen molar-refractivity contribution in [3.05, 3.63) is 35.5 Å². The molecule has 0 bridgehead atoms. The number of carboxylic acid groups (broad SMARTS) is 1. The molecule has 0 spiro atoms. The molecule has 104 valence electrons. The molecule has 0 aromatic carbocycles. The smallest absolute Gasteiger partial charge is 0.300 e. The van der Waals surface area contributed by atoms with Gasteiger partial charge in [0.2, 0.25) is 0 Å². The number of hydrogen-bond donors (Lipinski definition) is 2. The van der Waals surface area contributed by atoms with Gasteiger partial charge in [0, 0.05) is 6.92 Å². The van der Waals surface area contributed by atoms with Crippen LogP contribution in [0.1, 0.15) is 47.0 Å². The van der Waals surface area contributed by atoms with Gasteiger partial charge in [0.1, 0.15) is 0 Å². The predicted octanol–water partition coefficient (Wildman–Crippen LogP) is 3.71. The monoisotopic (exact) mass is 254 g/mol. The van der Waals surface area contributed by atoms with Crippen molar-refractivity contribution in [2.45, 2.75) is 47.0 Å². The lowest BCUT2D eigenvalue weighted by Gasteiger charge is -1.97. The number of allylic oxidation sites excluding steroid dienone is 5. The molecule has 0 saturated heterocycles. The first kappa shape index (κ1) is 19.0. The highest BCUT2D eigenvalue weighted by Gasteiger charge is 1.88. The van der Waals surface area contributed by atoms with Gasteiger partial charge in [0.25, 0.3) is 5.97 Å². The number of aliphatic hydroxyl groups excluding tert-OH is 1. The Balaban J connectivity index is 0. The number of rotatable bonds is 6. The van der Waals surface area contributed by atoms with Gasteiger partial charge in [-0.1, -0.05) is 42.4 Å². The van der Waals surface area contributed by atoms with E-state index in [4.69, 9.17) is 15.0 Å². The molecule has 0 aliphatic heterocycles. The lowest BCUT2D eigenvalue weighted by molar-refractivity contribution is -0.134. The lowest BCUT2D eigenvalue weighted by atomic mass is 10.1. The minimum atomic E-state index is -0.833. The van der Waals surface area contributed by atoms with E-state index in [9.17, 15) is 0 Å². The number of carbonyl (C=O) groups is 1. The highest BCUT2D eigenvalue weighted by Crippen LogP contribution is 2.07. The van der Waals surface area contributed by atoms with Gasteiger partial charge in [0.15, 0.2) is 0 Å². The zero-order valence-corrected chi connectivity index (χ0v) is 11.9. The molecule has 0 rings (SSSR count). The number of carboxylic acids is 1. The molecule has 0 aliphatic carbocycles. The van der Waals surface area contributed by atoms with Crippen LogP contribution >= 0.6 is 0 Å². The second kappa shape index (κ2) is 13.7. The lowest BCUT2D eigenvalue weighted by Crippen LogP contribution is -1.80. The molecular formula is C15H26O3. The van der Waals surface area contributed by atoms with Crippen LogP contribution in [0.5, 0.6) is 0 Å². The normalized spacial score (nSPS) is 12.3. The summed E-state index contributed by atoms with van der Waals surface area (Å²) in [7, 11) is 0. The van der Waals surface area contributed by atoms with E-state index in [-0.39, 0.29) is 6.61 Å². The summed E-state index contributed by atoms with van der Waals surface area (Å²) < 4.78 is 0. The van der Waals surface area contributed by atoms with Crippen LogP contribution in [-0.2, 0) is 4.79 Å². The predicted molar refractivity (Wildman–Crippen MR) is 76.6 cm³/mol. The van der Waals surface area contributed by atoms with Gasteiger partial charge in [-0.05, 0) is 33.1 Å². The van der Waals surface area contributed by atoms with Crippen LogP contribution in [0, 0.1) is 0 Å². The molecule has 0 aromatic heterocycles. The van der Waals surface area contributed by atoms with E-state index < -0.39 is 5.97 Å². The summed E-state index contributed by atoms with van der Waals surface area (Å²) in [6.07, 6.45) is 11.6. The maximum atomic E-state index is 9.00. The molecule has 0 atom stereocenters. The van der Waals surface area contributed by atoms with Gasteiger partial charge < -0.3 is 10.2 Å². The van der Waals surface area contributed by atoms with Crippen molar-refractivity contribution in [3.63, 3.8) is 0 Å². The van der Waals surface area contributed by atoms with E-state index >= 15 is 0 Å². The van der Waals surface area contributed by atoms with Crippen LogP contribution in [0.3, 0.4) is 0 Å². The molecule has 0 radical (unpaired) electrons. The van der Waals surface area contributed by atoms with Crippen LogP contribution in [0.2, 0.25) is 0 Å². The Morgan fingerprint density at radius 1 is 1.17 bits per heavy atom. The molecule has 0 saturated carbocycles. The SMILES string of the molecule is CC(=O)O.CCC=CC(C)=CCCC(C)=CCO. The molecule has 3 heteroatoms. The summed E-state index contributed by atoms with van der Waals surface area (Å²) in [6.45, 7) is 7.56. The van der Waals surface area contributed by atoms with E-state index in [2.05, 4.69) is 39.0 Å². The Morgan fingerprint density at radius 3 is 2.17 bits per heavy atom. The molecule has 0 fully saturated rings. The van der Waals surface area contributed by atoms with Crippen LogP contribution in [-0.4, -0.2) is 22.8 Å². The summed E-state index contributed by atoms with van der Waals surface area (Å²) in [5.74, 6) is -0.833. The second-order valence-electron chi connectivity index (χ2n) is 4.05. The van der Waals surface area contributed by atoms with Crippen molar-refractivity contribution in [2.75, 3.05) is 6.61 Å². The summed E-state index contributed by atoms with van der Waals surface area (Å²) >= 11 is 0.